The van der Waals surface area contributed by atoms with Gasteiger partial charge in [0.1, 0.15) is 5.75 Å². The molecule has 0 spiro atoms. The first-order valence-corrected chi connectivity index (χ1v) is 6.57. The quantitative estimate of drug-likeness (QED) is 0.834. The number of carbonyl (C=O) groups is 2. The van der Waals surface area contributed by atoms with Crippen LogP contribution in [0.5, 0.6) is 5.75 Å². The molecule has 2 N–H and O–H groups in total. The van der Waals surface area contributed by atoms with E-state index in [1.54, 1.807) is 0 Å². The second kappa shape index (κ2) is 6.69. The molecule has 6 nitrogen and oxygen atoms in total. The van der Waals surface area contributed by atoms with Crippen LogP contribution in [0.1, 0.15) is 23.2 Å². The van der Waals surface area contributed by atoms with Gasteiger partial charge in [-0.3, -0.25) is 9.59 Å². The van der Waals surface area contributed by atoms with Crippen molar-refractivity contribution in [1.82, 2.24) is 5.32 Å². The average Bonchev–Trinajstić information content (AvgIpc) is 2.85. The Hall–Kier alpha value is -2.22. The van der Waals surface area contributed by atoms with Crippen LogP contribution in [0.2, 0.25) is 0 Å². The largest absolute Gasteiger partial charge is 0.481 e. The monoisotopic (exact) mass is 315 g/mol. The smallest absolute Gasteiger partial charge is 0.387 e. The van der Waals surface area contributed by atoms with Crippen LogP contribution < -0.4 is 10.1 Å². The SMILES string of the molecule is O=C(O)CC1(NC(=O)c2cccc(OC(F)F)c2)CCOC1. The van der Waals surface area contributed by atoms with E-state index in [4.69, 9.17) is 9.84 Å². The van der Waals surface area contributed by atoms with Gasteiger partial charge in [-0.25, -0.2) is 0 Å². The summed E-state index contributed by atoms with van der Waals surface area (Å²) in [5.74, 6) is -1.76. The molecule has 1 fully saturated rings. The van der Waals surface area contributed by atoms with Crippen molar-refractivity contribution >= 4 is 11.9 Å². The zero-order valence-corrected chi connectivity index (χ0v) is 11.6. The zero-order valence-electron chi connectivity index (χ0n) is 11.6. The maximum Gasteiger partial charge on any atom is 0.387 e. The lowest BCUT2D eigenvalue weighted by Gasteiger charge is -2.27. The predicted octanol–water partition coefficient (Wildman–Crippen LogP) is 1.65. The molecule has 1 aliphatic rings. The molecule has 1 unspecified atom stereocenters. The number of carboxylic acid groups (broad SMARTS) is 1. The molecule has 2 rings (SSSR count). The Bertz CT molecular complexity index is 558. The Labute approximate surface area is 125 Å². The number of rotatable bonds is 6. The summed E-state index contributed by atoms with van der Waals surface area (Å²) in [4.78, 5) is 23.2. The van der Waals surface area contributed by atoms with Crippen LogP contribution in [-0.4, -0.2) is 42.3 Å². The lowest BCUT2D eigenvalue weighted by Crippen LogP contribution is -2.50. The topological polar surface area (TPSA) is 84.9 Å². The molecule has 0 aromatic heterocycles. The van der Waals surface area contributed by atoms with Crippen molar-refractivity contribution in [2.75, 3.05) is 13.2 Å². The fourth-order valence-corrected chi connectivity index (χ4v) is 2.31. The third-order valence-electron chi connectivity index (χ3n) is 3.29. The standard InChI is InChI=1S/C14H15F2NO5/c15-13(16)22-10-3-1-2-9(6-10)12(20)17-14(7-11(18)19)4-5-21-8-14/h1-3,6,13H,4-5,7-8H2,(H,17,20)(H,18,19). The van der Waals surface area contributed by atoms with Gasteiger partial charge in [0.2, 0.25) is 0 Å². The van der Waals surface area contributed by atoms with Crippen LogP contribution in [0.25, 0.3) is 0 Å². The molecule has 0 bridgehead atoms. The van der Waals surface area contributed by atoms with Gasteiger partial charge in [-0.1, -0.05) is 6.07 Å². The summed E-state index contributed by atoms with van der Waals surface area (Å²) in [6.45, 7) is -2.54. The summed E-state index contributed by atoms with van der Waals surface area (Å²) in [7, 11) is 0. The van der Waals surface area contributed by atoms with Gasteiger partial charge in [0.05, 0.1) is 18.6 Å². The third kappa shape index (κ3) is 4.14. The van der Waals surface area contributed by atoms with Crippen LogP contribution in [-0.2, 0) is 9.53 Å². The number of carbonyl (C=O) groups excluding carboxylic acids is 1. The zero-order chi connectivity index (χ0) is 16.2. The summed E-state index contributed by atoms with van der Waals surface area (Å²) in [5.41, 5.74) is -0.877. The van der Waals surface area contributed by atoms with Crippen LogP contribution in [0.3, 0.4) is 0 Å². The fourth-order valence-electron chi connectivity index (χ4n) is 2.31. The molecule has 1 amide bonds. The number of hydrogen-bond acceptors (Lipinski definition) is 4. The second-order valence-electron chi connectivity index (χ2n) is 5.01. The molecule has 1 aromatic rings. The van der Waals surface area contributed by atoms with Gasteiger partial charge in [0.25, 0.3) is 5.91 Å². The molecule has 8 heteroatoms. The molecule has 1 aromatic carbocycles. The highest BCUT2D eigenvalue weighted by atomic mass is 19.3. The van der Waals surface area contributed by atoms with E-state index in [9.17, 15) is 18.4 Å². The van der Waals surface area contributed by atoms with Crippen molar-refractivity contribution in [3.63, 3.8) is 0 Å². The number of halogens is 2. The minimum atomic E-state index is -2.99. The molecule has 0 saturated carbocycles. The first kappa shape index (κ1) is 16.2. The number of ether oxygens (including phenoxy) is 2. The number of benzene rings is 1. The Kier molecular flexibility index (Phi) is 4.92. The highest BCUT2D eigenvalue weighted by Crippen LogP contribution is 2.24. The predicted molar refractivity (Wildman–Crippen MR) is 71.0 cm³/mol. The van der Waals surface area contributed by atoms with E-state index in [2.05, 4.69) is 10.1 Å². The van der Waals surface area contributed by atoms with E-state index >= 15 is 0 Å². The molecular weight excluding hydrogens is 300 g/mol. The molecule has 1 saturated heterocycles. The molecular formula is C14H15F2NO5. The summed E-state index contributed by atoms with van der Waals surface area (Å²) < 4.78 is 33.8. The maximum atomic E-state index is 12.2. The first-order chi connectivity index (χ1) is 10.4. The lowest BCUT2D eigenvalue weighted by molar-refractivity contribution is -0.138. The maximum absolute atomic E-state index is 12.2. The van der Waals surface area contributed by atoms with Crippen LogP contribution in [0.4, 0.5) is 8.78 Å². The van der Waals surface area contributed by atoms with Gasteiger partial charge in [-0.15, -0.1) is 0 Å². The van der Waals surface area contributed by atoms with Gasteiger partial charge in [0, 0.05) is 12.2 Å². The lowest BCUT2D eigenvalue weighted by atomic mass is 9.93. The molecule has 0 aliphatic carbocycles. The van der Waals surface area contributed by atoms with Crippen LogP contribution in [0.15, 0.2) is 24.3 Å². The van der Waals surface area contributed by atoms with Crippen molar-refractivity contribution in [3.8, 4) is 5.75 Å². The summed E-state index contributed by atoms with van der Waals surface area (Å²) in [5, 5.41) is 11.6. The van der Waals surface area contributed by atoms with Crippen molar-refractivity contribution in [1.29, 1.82) is 0 Å². The normalized spacial score (nSPS) is 20.9. The van der Waals surface area contributed by atoms with E-state index < -0.39 is 24.0 Å². The molecule has 22 heavy (non-hydrogen) atoms. The summed E-state index contributed by atoms with van der Waals surface area (Å²) in [6, 6.07) is 5.31. The van der Waals surface area contributed by atoms with E-state index in [0.717, 1.165) is 0 Å². The van der Waals surface area contributed by atoms with Gasteiger partial charge < -0.3 is 19.9 Å². The van der Waals surface area contributed by atoms with Crippen molar-refractivity contribution in [2.24, 2.45) is 0 Å². The van der Waals surface area contributed by atoms with E-state index in [-0.39, 0.29) is 24.3 Å². The van der Waals surface area contributed by atoms with Gasteiger partial charge >= 0.3 is 12.6 Å². The number of hydrogen-bond donors (Lipinski definition) is 2. The van der Waals surface area contributed by atoms with Gasteiger partial charge in [-0.2, -0.15) is 8.78 Å². The van der Waals surface area contributed by atoms with E-state index in [1.165, 1.54) is 24.3 Å². The minimum Gasteiger partial charge on any atom is -0.481 e. The van der Waals surface area contributed by atoms with Crippen LogP contribution >= 0.6 is 0 Å². The molecule has 1 aliphatic heterocycles. The van der Waals surface area contributed by atoms with Crippen molar-refractivity contribution in [3.05, 3.63) is 29.8 Å². The number of aliphatic carboxylic acids is 1. The molecule has 0 radical (unpaired) electrons. The van der Waals surface area contributed by atoms with Crippen molar-refractivity contribution < 1.29 is 33.0 Å². The van der Waals surface area contributed by atoms with Gasteiger partial charge in [0.15, 0.2) is 0 Å². The Morgan fingerprint density at radius 1 is 1.45 bits per heavy atom. The fraction of sp³-hybridized carbons (Fsp3) is 0.429. The first-order valence-electron chi connectivity index (χ1n) is 6.57. The Morgan fingerprint density at radius 2 is 2.23 bits per heavy atom. The average molecular weight is 315 g/mol. The molecule has 1 atom stereocenters. The second-order valence-corrected chi connectivity index (χ2v) is 5.01. The Morgan fingerprint density at radius 3 is 2.82 bits per heavy atom. The number of nitrogens with one attached hydrogen (secondary N) is 1. The number of carboxylic acids is 1. The minimum absolute atomic E-state index is 0.0955. The highest BCUT2D eigenvalue weighted by Gasteiger charge is 2.38. The van der Waals surface area contributed by atoms with Crippen LogP contribution in [0, 0.1) is 0 Å². The van der Waals surface area contributed by atoms with Crippen molar-refractivity contribution in [2.45, 2.75) is 25.0 Å². The number of amides is 1. The molecule has 1 heterocycles. The van der Waals surface area contributed by atoms with Gasteiger partial charge in [-0.05, 0) is 24.6 Å². The number of alkyl halides is 2. The highest BCUT2D eigenvalue weighted by molar-refractivity contribution is 5.95. The van der Waals surface area contributed by atoms with E-state index in [1.807, 2.05) is 0 Å². The van der Waals surface area contributed by atoms with E-state index in [0.29, 0.717) is 13.0 Å². The Balaban J connectivity index is 2.12. The summed E-state index contributed by atoms with van der Waals surface area (Å²) in [6.07, 6.45) is 0.101. The summed E-state index contributed by atoms with van der Waals surface area (Å²) >= 11 is 0. The third-order valence-corrected chi connectivity index (χ3v) is 3.29. The molecule has 120 valence electrons.